The smallest absolute Gasteiger partial charge is 0.0954 e. The molecule has 0 aromatic carbocycles. The lowest BCUT2D eigenvalue weighted by Gasteiger charge is -2.33. The molecule has 1 atom stereocenters. The van der Waals surface area contributed by atoms with Gasteiger partial charge in [0.05, 0.1) is 36.3 Å². The highest BCUT2D eigenvalue weighted by atomic mass is 16.3. The molecule has 4 rings (SSSR count). The van der Waals surface area contributed by atoms with Gasteiger partial charge in [-0.15, -0.1) is 0 Å². The number of nitrogens with zero attached hydrogens (tertiary/aromatic N) is 3. The number of nitrogens with one attached hydrogen (secondary N) is 2. The Morgan fingerprint density at radius 2 is 2.43 bits per heavy atom. The summed E-state index contributed by atoms with van der Waals surface area (Å²) in [4.78, 5) is 10.2. The van der Waals surface area contributed by atoms with Crippen molar-refractivity contribution in [2.45, 2.75) is 25.9 Å². The van der Waals surface area contributed by atoms with Crippen molar-refractivity contribution in [3.8, 4) is 0 Å². The summed E-state index contributed by atoms with van der Waals surface area (Å²) in [5, 5.41) is 7.36. The van der Waals surface area contributed by atoms with E-state index in [1.807, 2.05) is 13.0 Å². The van der Waals surface area contributed by atoms with Crippen LogP contribution in [0.5, 0.6) is 0 Å². The minimum absolute atomic E-state index is 0.121. The lowest BCUT2D eigenvalue weighted by molar-refractivity contribution is 0.197. The summed E-state index contributed by atoms with van der Waals surface area (Å²) in [5.74, 6) is 0. The summed E-state index contributed by atoms with van der Waals surface area (Å²) in [6.07, 6.45) is 6.28. The Morgan fingerprint density at radius 3 is 3.19 bits per heavy atom. The second-order valence-corrected chi connectivity index (χ2v) is 5.49. The molecule has 6 heteroatoms. The lowest BCUT2D eigenvalue weighted by Crippen LogP contribution is -2.35. The Bertz CT molecular complexity index is 727. The monoisotopic (exact) mass is 283 g/mol. The third-order valence-corrected chi connectivity index (χ3v) is 4.01. The first-order valence-electron chi connectivity index (χ1n) is 7.10. The maximum Gasteiger partial charge on any atom is 0.0954 e. The average Bonchev–Trinajstić information content (AvgIpc) is 3.20. The molecule has 4 heterocycles. The highest BCUT2D eigenvalue weighted by molar-refractivity contribution is 5.30. The molecule has 0 saturated heterocycles. The van der Waals surface area contributed by atoms with Gasteiger partial charge in [-0.05, 0) is 19.1 Å². The van der Waals surface area contributed by atoms with Gasteiger partial charge < -0.3 is 9.40 Å². The van der Waals surface area contributed by atoms with E-state index in [0.29, 0.717) is 0 Å². The molecular formula is C15H17N5O. The van der Waals surface area contributed by atoms with Crippen LogP contribution in [0.25, 0.3) is 0 Å². The summed E-state index contributed by atoms with van der Waals surface area (Å²) >= 11 is 0. The van der Waals surface area contributed by atoms with E-state index in [2.05, 4.69) is 31.1 Å². The van der Waals surface area contributed by atoms with Gasteiger partial charge in [-0.2, -0.15) is 5.10 Å². The molecule has 0 bridgehead atoms. The molecule has 6 nitrogen and oxygen atoms in total. The van der Waals surface area contributed by atoms with E-state index in [-0.39, 0.29) is 6.04 Å². The number of imidazole rings is 1. The lowest BCUT2D eigenvalue weighted by atomic mass is 9.97. The van der Waals surface area contributed by atoms with E-state index in [0.717, 1.165) is 42.2 Å². The molecule has 0 saturated carbocycles. The third kappa shape index (κ3) is 2.17. The zero-order valence-corrected chi connectivity index (χ0v) is 11.8. The maximum atomic E-state index is 5.28. The summed E-state index contributed by atoms with van der Waals surface area (Å²) < 4.78 is 5.28. The number of aryl methyl sites for hydroxylation is 1. The van der Waals surface area contributed by atoms with E-state index >= 15 is 0 Å². The molecule has 2 N–H and O–H groups in total. The molecule has 3 aromatic rings. The minimum atomic E-state index is 0.121. The number of hydrogen-bond acceptors (Lipinski definition) is 4. The quantitative estimate of drug-likeness (QED) is 0.772. The summed E-state index contributed by atoms with van der Waals surface area (Å²) in [5.41, 5.74) is 5.59. The van der Waals surface area contributed by atoms with E-state index in [4.69, 9.17) is 4.42 Å². The van der Waals surface area contributed by atoms with Crippen molar-refractivity contribution in [1.82, 2.24) is 25.1 Å². The van der Waals surface area contributed by atoms with Crippen molar-refractivity contribution in [1.29, 1.82) is 0 Å². The maximum absolute atomic E-state index is 5.28. The Morgan fingerprint density at radius 1 is 1.48 bits per heavy atom. The van der Waals surface area contributed by atoms with Crippen LogP contribution < -0.4 is 0 Å². The van der Waals surface area contributed by atoms with Crippen molar-refractivity contribution in [2.75, 3.05) is 6.54 Å². The zero-order valence-electron chi connectivity index (χ0n) is 11.8. The van der Waals surface area contributed by atoms with Gasteiger partial charge in [0.1, 0.15) is 0 Å². The van der Waals surface area contributed by atoms with Gasteiger partial charge >= 0.3 is 0 Å². The van der Waals surface area contributed by atoms with E-state index in [9.17, 15) is 0 Å². The van der Waals surface area contributed by atoms with Crippen molar-refractivity contribution in [3.05, 3.63) is 59.3 Å². The van der Waals surface area contributed by atoms with Gasteiger partial charge in [-0.25, -0.2) is 4.98 Å². The Hall–Kier alpha value is -2.34. The second kappa shape index (κ2) is 4.89. The predicted molar refractivity (Wildman–Crippen MR) is 76.6 cm³/mol. The second-order valence-electron chi connectivity index (χ2n) is 5.49. The molecule has 21 heavy (non-hydrogen) atoms. The molecule has 3 aromatic heterocycles. The largest absolute Gasteiger partial charge is 0.472 e. The number of aromatic nitrogens is 4. The van der Waals surface area contributed by atoms with Crippen LogP contribution in [0.3, 0.4) is 0 Å². The number of furan rings is 1. The summed E-state index contributed by atoms with van der Waals surface area (Å²) in [6.45, 7) is 3.79. The number of aromatic amines is 2. The number of hydrogen-bond donors (Lipinski definition) is 2. The van der Waals surface area contributed by atoms with E-state index in [1.165, 1.54) is 5.69 Å². The Labute approximate surface area is 122 Å². The molecule has 108 valence electrons. The fraction of sp³-hybridized carbons (Fsp3) is 0.333. The molecule has 1 aliphatic rings. The number of H-pyrrole nitrogens is 2. The van der Waals surface area contributed by atoms with Crippen LogP contribution in [0, 0.1) is 6.92 Å². The summed E-state index contributed by atoms with van der Waals surface area (Å²) in [7, 11) is 0. The SMILES string of the molecule is Cc1cc(CN2CCc3[nH]cnc3C2c2ccoc2)n[nH]1. The summed E-state index contributed by atoms with van der Waals surface area (Å²) in [6, 6.07) is 4.22. The molecule has 0 fully saturated rings. The molecule has 0 amide bonds. The molecule has 0 radical (unpaired) electrons. The van der Waals surface area contributed by atoms with Gasteiger partial charge in [0, 0.05) is 36.5 Å². The molecule has 0 aliphatic carbocycles. The van der Waals surface area contributed by atoms with Crippen LogP contribution in [0.2, 0.25) is 0 Å². The van der Waals surface area contributed by atoms with Gasteiger partial charge in [0.15, 0.2) is 0 Å². The van der Waals surface area contributed by atoms with Crippen molar-refractivity contribution in [2.24, 2.45) is 0 Å². The van der Waals surface area contributed by atoms with Crippen LogP contribution in [0.15, 0.2) is 35.4 Å². The standard InChI is InChI=1S/C15H17N5O/c1-10-6-12(19-18-10)7-20-4-2-13-14(17-9-16-13)15(20)11-3-5-21-8-11/h3,5-6,8-9,15H,2,4,7H2,1H3,(H,16,17)(H,18,19). The molecule has 1 aliphatic heterocycles. The van der Waals surface area contributed by atoms with E-state index < -0.39 is 0 Å². The van der Waals surface area contributed by atoms with E-state index in [1.54, 1.807) is 18.9 Å². The molecular weight excluding hydrogens is 266 g/mol. The highest BCUT2D eigenvalue weighted by Gasteiger charge is 2.31. The van der Waals surface area contributed by atoms with Gasteiger partial charge in [-0.3, -0.25) is 10.00 Å². The van der Waals surface area contributed by atoms with Crippen LogP contribution >= 0.6 is 0 Å². The number of fused-ring (bicyclic) bond motifs is 1. The first-order chi connectivity index (χ1) is 10.3. The van der Waals surface area contributed by atoms with Crippen LogP contribution in [-0.4, -0.2) is 31.6 Å². The fourth-order valence-electron chi connectivity index (χ4n) is 3.06. The number of rotatable bonds is 3. The normalized spacial score (nSPS) is 18.8. The molecule has 1 unspecified atom stereocenters. The molecule has 0 spiro atoms. The van der Waals surface area contributed by atoms with Crippen molar-refractivity contribution in [3.63, 3.8) is 0 Å². The predicted octanol–water partition coefficient (Wildman–Crippen LogP) is 2.18. The Kier molecular flexibility index (Phi) is 2.89. The fourth-order valence-corrected chi connectivity index (χ4v) is 3.06. The van der Waals surface area contributed by atoms with Gasteiger partial charge in [0.2, 0.25) is 0 Å². The van der Waals surface area contributed by atoms with Gasteiger partial charge in [-0.1, -0.05) is 0 Å². The zero-order chi connectivity index (χ0) is 14.2. The van der Waals surface area contributed by atoms with Crippen molar-refractivity contribution < 1.29 is 4.42 Å². The first-order valence-corrected chi connectivity index (χ1v) is 7.10. The first kappa shape index (κ1) is 12.4. The highest BCUT2D eigenvalue weighted by Crippen LogP contribution is 2.34. The van der Waals surface area contributed by atoms with Gasteiger partial charge in [0.25, 0.3) is 0 Å². The average molecular weight is 283 g/mol. The minimum Gasteiger partial charge on any atom is -0.472 e. The van der Waals surface area contributed by atoms with Crippen LogP contribution in [-0.2, 0) is 13.0 Å². The third-order valence-electron chi connectivity index (χ3n) is 4.01. The van der Waals surface area contributed by atoms with Crippen LogP contribution in [0.4, 0.5) is 0 Å². The Balaban J connectivity index is 1.69. The topological polar surface area (TPSA) is 73.7 Å². The van der Waals surface area contributed by atoms with Crippen LogP contribution in [0.1, 0.15) is 34.4 Å². The van der Waals surface area contributed by atoms with Crippen molar-refractivity contribution >= 4 is 0 Å².